The molecule has 1 rings (SSSR count). The average Bonchev–Trinajstić information content (AvgIpc) is 2.60. The van der Waals surface area contributed by atoms with Crippen LogP contribution in [-0.4, -0.2) is 46.6 Å². The van der Waals surface area contributed by atoms with E-state index in [4.69, 9.17) is 0 Å². The topological polar surface area (TPSA) is 73.9 Å². The van der Waals surface area contributed by atoms with Crippen LogP contribution in [0.1, 0.15) is 18.1 Å². The van der Waals surface area contributed by atoms with E-state index in [1.54, 1.807) is 11.9 Å². The molecule has 1 amide bonds. The molecule has 0 spiro atoms. The standard InChI is InChI=1S/C9H17N5O/c1-7-11-8(13-12-7)6-14(3)9(15)4-5-10-2/h10H,4-6H2,1-3H3,(H,11,12,13). The number of hydrogen-bond acceptors (Lipinski definition) is 4. The molecule has 2 N–H and O–H groups in total. The number of aromatic nitrogens is 3. The third-order valence-corrected chi connectivity index (χ3v) is 2.04. The molecule has 0 aliphatic carbocycles. The van der Waals surface area contributed by atoms with E-state index >= 15 is 0 Å². The maximum absolute atomic E-state index is 11.5. The third kappa shape index (κ3) is 3.67. The van der Waals surface area contributed by atoms with Crippen LogP contribution < -0.4 is 5.32 Å². The molecule has 1 aromatic heterocycles. The molecule has 1 heterocycles. The maximum atomic E-state index is 11.5. The van der Waals surface area contributed by atoms with Gasteiger partial charge in [-0.25, -0.2) is 4.98 Å². The van der Waals surface area contributed by atoms with E-state index in [0.29, 0.717) is 25.3 Å². The van der Waals surface area contributed by atoms with E-state index in [2.05, 4.69) is 20.5 Å². The van der Waals surface area contributed by atoms with E-state index < -0.39 is 0 Å². The molecular formula is C9H17N5O. The van der Waals surface area contributed by atoms with Gasteiger partial charge in [-0.3, -0.25) is 9.89 Å². The Kier molecular flexibility index (Phi) is 4.23. The summed E-state index contributed by atoms with van der Waals surface area (Å²) in [7, 11) is 3.58. The minimum atomic E-state index is 0.0896. The van der Waals surface area contributed by atoms with Crippen LogP contribution >= 0.6 is 0 Å². The van der Waals surface area contributed by atoms with Gasteiger partial charge >= 0.3 is 0 Å². The maximum Gasteiger partial charge on any atom is 0.223 e. The van der Waals surface area contributed by atoms with Crippen molar-refractivity contribution in [2.45, 2.75) is 19.9 Å². The van der Waals surface area contributed by atoms with E-state index in [1.807, 2.05) is 14.0 Å². The molecule has 0 radical (unpaired) electrons. The summed E-state index contributed by atoms with van der Waals surface area (Å²) >= 11 is 0. The summed E-state index contributed by atoms with van der Waals surface area (Å²) < 4.78 is 0. The molecule has 0 fully saturated rings. The Bertz CT molecular complexity index is 322. The highest BCUT2D eigenvalue weighted by molar-refractivity contribution is 5.75. The number of amides is 1. The van der Waals surface area contributed by atoms with Crippen molar-refractivity contribution < 1.29 is 4.79 Å². The smallest absolute Gasteiger partial charge is 0.223 e. The third-order valence-electron chi connectivity index (χ3n) is 2.04. The molecule has 0 atom stereocenters. The second-order valence-electron chi connectivity index (χ2n) is 3.44. The van der Waals surface area contributed by atoms with Crippen molar-refractivity contribution in [2.24, 2.45) is 0 Å². The first-order chi connectivity index (χ1) is 7.13. The second-order valence-corrected chi connectivity index (χ2v) is 3.44. The molecule has 6 heteroatoms. The van der Waals surface area contributed by atoms with Gasteiger partial charge < -0.3 is 10.2 Å². The fourth-order valence-corrected chi connectivity index (χ4v) is 1.18. The predicted octanol–water partition coefficient (Wildman–Crippen LogP) is -0.319. The van der Waals surface area contributed by atoms with E-state index in [0.717, 1.165) is 5.82 Å². The molecule has 0 saturated carbocycles. The molecule has 0 saturated heterocycles. The fraction of sp³-hybridized carbons (Fsp3) is 0.667. The van der Waals surface area contributed by atoms with Crippen LogP contribution in [0.15, 0.2) is 0 Å². The molecule has 0 unspecified atom stereocenters. The Morgan fingerprint density at radius 3 is 2.87 bits per heavy atom. The summed E-state index contributed by atoms with van der Waals surface area (Å²) in [6.07, 6.45) is 0.496. The number of rotatable bonds is 5. The first-order valence-electron chi connectivity index (χ1n) is 4.90. The average molecular weight is 211 g/mol. The van der Waals surface area contributed by atoms with Crippen LogP contribution in [0.25, 0.3) is 0 Å². The molecule has 0 bridgehead atoms. The molecule has 15 heavy (non-hydrogen) atoms. The van der Waals surface area contributed by atoms with Crippen molar-refractivity contribution in [3.63, 3.8) is 0 Å². The predicted molar refractivity (Wildman–Crippen MR) is 56.1 cm³/mol. The Balaban J connectivity index is 2.41. The first-order valence-corrected chi connectivity index (χ1v) is 4.90. The summed E-state index contributed by atoms with van der Waals surface area (Å²) in [5.74, 6) is 1.50. The molecule has 1 aromatic rings. The van der Waals surface area contributed by atoms with Crippen molar-refractivity contribution >= 4 is 5.91 Å². The molecule has 0 aromatic carbocycles. The zero-order valence-electron chi connectivity index (χ0n) is 9.37. The van der Waals surface area contributed by atoms with Gasteiger partial charge in [0, 0.05) is 20.0 Å². The molecule has 6 nitrogen and oxygen atoms in total. The number of nitrogens with one attached hydrogen (secondary N) is 2. The quantitative estimate of drug-likeness (QED) is 0.700. The van der Waals surface area contributed by atoms with Gasteiger partial charge in [-0.05, 0) is 14.0 Å². The van der Waals surface area contributed by atoms with Gasteiger partial charge in [0.1, 0.15) is 5.82 Å². The van der Waals surface area contributed by atoms with Crippen LogP contribution in [0, 0.1) is 6.92 Å². The van der Waals surface area contributed by atoms with Gasteiger partial charge in [0.2, 0.25) is 5.91 Å². The van der Waals surface area contributed by atoms with Gasteiger partial charge in [-0.2, -0.15) is 5.10 Å². The van der Waals surface area contributed by atoms with Crippen molar-refractivity contribution in [3.05, 3.63) is 11.6 Å². The molecule has 0 aliphatic heterocycles. The Morgan fingerprint density at radius 2 is 2.33 bits per heavy atom. The SMILES string of the molecule is CNCCC(=O)N(C)Cc1n[nH]c(C)n1. The van der Waals surface area contributed by atoms with Gasteiger partial charge in [0.15, 0.2) is 5.82 Å². The van der Waals surface area contributed by atoms with Gasteiger partial charge in [0.25, 0.3) is 0 Å². The van der Waals surface area contributed by atoms with Crippen molar-refractivity contribution in [1.29, 1.82) is 0 Å². The highest BCUT2D eigenvalue weighted by atomic mass is 16.2. The zero-order chi connectivity index (χ0) is 11.3. The van der Waals surface area contributed by atoms with Crippen LogP contribution in [0.4, 0.5) is 0 Å². The lowest BCUT2D eigenvalue weighted by Gasteiger charge is -2.14. The summed E-state index contributed by atoms with van der Waals surface area (Å²) in [5, 5.41) is 9.65. The number of nitrogens with zero attached hydrogens (tertiary/aromatic N) is 3. The Labute approximate surface area is 89.1 Å². The van der Waals surface area contributed by atoms with Crippen LogP contribution in [0.5, 0.6) is 0 Å². The van der Waals surface area contributed by atoms with Crippen molar-refractivity contribution in [3.8, 4) is 0 Å². The number of aromatic amines is 1. The van der Waals surface area contributed by atoms with Crippen molar-refractivity contribution in [1.82, 2.24) is 25.4 Å². The van der Waals surface area contributed by atoms with Crippen LogP contribution in [0.2, 0.25) is 0 Å². The summed E-state index contributed by atoms with van der Waals surface area (Å²) in [6, 6.07) is 0. The summed E-state index contributed by atoms with van der Waals surface area (Å²) in [5.41, 5.74) is 0. The van der Waals surface area contributed by atoms with E-state index in [1.165, 1.54) is 0 Å². The van der Waals surface area contributed by atoms with E-state index in [-0.39, 0.29) is 5.91 Å². The fourth-order valence-electron chi connectivity index (χ4n) is 1.18. The minimum Gasteiger partial charge on any atom is -0.338 e. The first kappa shape index (κ1) is 11.6. The van der Waals surface area contributed by atoms with Crippen LogP contribution in [0.3, 0.4) is 0 Å². The monoisotopic (exact) mass is 211 g/mol. The highest BCUT2D eigenvalue weighted by Gasteiger charge is 2.10. The number of carbonyl (C=O) groups excluding carboxylic acids is 1. The lowest BCUT2D eigenvalue weighted by molar-refractivity contribution is -0.130. The number of carbonyl (C=O) groups is 1. The summed E-state index contributed by atoms with van der Waals surface area (Å²) in [6.45, 7) is 2.97. The largest absolute Gasteiger partial charge is 0.338 e. The number of H-pyrrole nitrogens is 1. The normalized spacial score (nSPS) is 10.3. The number of hydrogen-bond donors (Lipinski definition) is 2. The second kappa shape index (κ2) is 5.45. The van der Waals surface area contributed by atoms with Gasteiger partial charge in [-0.1, -0.05) is 0 Å². The molecule has 0 aliphatic rings. The molecular weight excluding hydrogens is 194 g/mol. The van der Waals surface area contributed by atoms with Gasteiger partial charge in [-0.15, -0.1) is 0 Å². The van der Waals surface area contributed by atoms with Crippen molar-refractivity contribution in [2.75, 3.05) is 20.6 Å². The highest BCUT2D eigenvalue weighted by Crippen LogP contribution is 1.98. The lowest BCUT2D eigenvalue weighted by atomic mass is 10.3. The number of aryl methyl sites for hydroxylation is 1. The Morgan fingerprint density at radius 1 is 1.60 bits per heavy atom. The minimum absolute atomic E-state index is 0.0896. The summed E-state index contributed by atoms with van der Waals surface area (Å²) in [4.78, 5) is 17.3. The van der Waals surface area contributed by atoms with Crippen LogP contribution in [-0.2, 0) is 11.3 Å². The van der Waals surface area contributed by atoms with Gasteiger partial charge in [0.05, 0.1) is 6.54 Å². The Hall–Kier alpha value is -1.43. The zero-order valence-corrected chi connectivity index (χ0v) is 9.37. The van der Waals surface area contributed by atoms with E-state index in [9.17, 15) is 4.79 Å². The molecule has 84 valence electrons. The lowest BCUT2D eigenvalue weighted by Crippen LogP contribution is -2.29.